The summed E-state index contributed by atoms with van der Waals surface area (Å²) < 4.78 is 32.6. The Morgan fingerprint density at radius 1 is 1.37 bits per heavy atom. The van der Waals surface area contributed by atoms with E-state index >= 15 is 0 Å². The number of halogens is 1. The molecule has 0 amide bonds. The number of hydrogen-bond acceptors (Lipinski definition) is 3. The number of benzene rings is 1. The third-order valence-electron chi connectivity index (χ3n) is 2.63. The summed E-state index contributed by atoms with van der Waals surface area (Å²) in [6, 6.07) is 4.48. The Bertz CT molecular complexity index is 517. The summed E-state index contributed by atoms with van der Waals surface area (Å²) in [5, 5.41) is 0.369. The van der Waals surface area contributed by atoms with Gasteiger partial charge in [-0.1, -0.05) is 25.4 Å². The first-order valence-corrected chi connectivity index (χ1v) is 8.21. The van der Waals surface area contributed by atoms with Crippen LogP contribution >= 0.6 is 11.6 Å². The summed E-state index contributed by atoms with van der Waals surface area (Å²) in [6.07, 6.45) is 1.52. The monoisotopic (exact) mass is 305 g/mol. The lowest BCUT2D eigenvalue weighted by Crippen LogP contribution is -2.32. The van der Waals surface area contributed by atoms with Gasteiger partial charge in [0.15, 0.2) is 0 Å². The Labute approximate surface area is 120 Å². The van der Waals surface area contributed by atoms with Crippen LogP contribution in [-0.4, -0.2) is 21.1 Å². The van der Waals surface area contributed by atoms with E-state index < -0.39 is 10.0 Å². The number of nitrogens with one attached hydrogen (secondary N) is 1. The molecular formula is C13H20ClNO3S. The average Bonchev–Trinajstić information content (AvgIpc) is 2.36. The molecule has 1 atom stereocenters. The van der Waals surface area contributed by atoms with Crippen molar-refractivity contribution in [1.29, 1.82) is 0 Å². The predicted molar refractivity (Wildman–Crippen MR) is 77.3 cm³/mol. The lowest BCUT2D eigenvalue weighted by atomic mass is 10.3. The van der Waals surface area contributed by atoms with Crippen molar-refractivity contribution in [1.82, 2.24) is 4.72 Å². The van der Waals surface area contributed by atoms with Crippen LogP contribution in [0.3, 0.4) is 0 Å². The molecule has 0 radical (unpaired) electrons. The van der Waals surface area contributed by atoms with Gasteiger partial charge in [-0.25, -0.2) is 13.1 Å². The highest BCUT2D eigenvalue weighted by molar-refractivity contribution is 7.89. The molecule has 0 unspecified atom stereocenters. The molecule has 0 fully saturated rings. The number of ether oxygens (including phenoxy) is 1. The third-order valence-corrected chi connectivity index (χ3v) is 4.47. The second-order valence-corrected chi connectivity index (χ2v) is 6.49. The summed E-state index contributed by atoms with van der Waals surface area (Å²) in [6.45, 7) is 6.16. The van der Waals surface area contributed by atoms with Gasteiger partial charge in [-0.2, -0.15) is 0 Å². The largest absolute Gasteiger partial charge is 0.492 e. The fraction of sp³-hybridized carbons (Fsp3) is 0.538. The van der Waals surface area contributed by atoms with Crippen molar-refractivity contribution in [3.05, 3.63) is 23.2 Å². The van der Waals surface area contributed by atoms with Crippen molar-refractivity contribution in [2.45, 2.75) is 44.6 Å². The Balaban J connectivity index is 3.12. The van der Waals surface area contributed by atoms with Gasteiger partial charge in [0.05, 0.1) is 6.61 Å². The predicted octanol–water partition coefficient (Wildman–Crippen LogP) is 3.21. The first-order valence-electron chi connectivity index (χ1n) is 6.35. The van der Waals surface area contributed by atoms with E-state index in [4.69, 9.17) is 16.3 Å². The van der Waals surface area contributed by atoms with Gasteiger partial charge >= 0.3 is 0 Å². The van der Waals surface area contributed by atoms with Crippen LogP contribution < -0.4 is 9.46 Å². The number of rotatable bonds is 7. The van der Waals surface area contributed by atoms with Crippen molar-refractivity contribution in [3.8, 4) is 5.75 Å². The molecule has 1 aromatic rings. The highest BCUT2D eigenvalue weighted by Gasteiger charge is 2.21. The molecule has 19 heavy (non-hydrogen) atoms. The SMILES string of the molecule is CCCOc1ccc(Cl)cc1S(=O)(=O)N[C@@H](C)CC. The molecule has 0 heterocycles. The van der Waals surface area contributed by atoms with Gasteiger partial charge in [-0.05, 0) is 38.0 Å². The Hall–Kier alpha value is -0.780. The van der Waals surface area contributed by atoms with Crippen LogP contribution in [0.15, 0.2) is 23.1 Å². The van der Waals surface area contributed by atoms with Crippen LogP contribution in [0.1, 0.15) is 33.6 Å². The summed E-state index contributed by atoms with van der Waals surface area (Å²) in [5.41, 5.74) is 0. The zero-order chi connectivity index (χ0) is 14.5. The van der Waals surface area contributed by atoms with Crippen molar-refractivity contribution in [2.24, 2.45) is 0 Å². The maximum absolute atomic E-state index is 12.3. The first-order chi connectivity index (χ1) is 8.90. The molecule has 6 heteroatoms. The summed E-state index contributed by atoms with van der Waals surface area (Å²) in [4.78, 5) is 0.0914. The lowest BCUT2D eigenvalue weighted by molar-refractivity contribution is 0.309. The topological polar surface area (TPSA) is 55.4 Å². The minimum absolute atomic E-state index is 0.0914. The molecule has 1 aromatic carbocycles. The molecule has 0 aromatic heterocycles. The van der Waals surface area contributed by atoms with E-state index in [-0.39, 0.29) is 10.9 Å². The van der Waals surface area contributed by atoms with Crippen LogP contribution in [0, 0.1) is 0 Å². The second kappa shape index (κ2) is 7.12. The van der Waals surface area contributed by atoms with Crippen molar-refractivity contribution in [3.63, 3.8) is 0 Å². The van der Waals surface area contributed by atoms with Crippen LogP contribution in [0.5, 0.6) is 5.75 Å². The molecule has 0 saturated heterocycles. The highest BCUT2D eigenvalue weighted by Crippen LogP contribution is 2.27. The lowest BCUT2D eigenvalue weighted by Gasteiger charge is -2.15. The normalized spacial score (nSPS) is 13.3. The molecule has 0 spiro atoms. The van der Waals surface area contributed by atoms with Gasteiger partial charge in [0.2, 0.25) is 10.0 Å². The average molecular weight is 306 g/mol. The standard InChI is InChI=1S/C13H20ClNO3S/c1-4-8-18-12-7-6-11(14)9-13(12)19(16,17)15-10(3)5-2/h6-7,9-10,15H,4-5,8H2,1-3H3/t10-/m0/s1. The van der Waals surface area contributed by atoms with Crippen LogP contribution in [0.25, 0.3) is 0 Å². The molecule has 1 N–H and O–H groups in total. The van der Waals surface area contributed by atoms with Gasteiger partial charge in [0.1, 0.15) is 10.6 Å². The van der Waals surface area contributed by atoms with E-state index in [0.29, 0.717) is 23.8 Å². The highest BCUT2D eigenvalue weighted by atomic mass is 35.5. The van der Waals surface area contributed by atoms with E-state index in [1.165, 1.54) is 6.07 Å². The van der Waals surface area contributed by atoms with Gasteiger partial charge in [0, 0.05) is 11.1 Å². The Morgan fingerprint density at radius 3 is 2.63 bits per heavy atom. The summed E-state index contributed by atoms with van der Waals surface area (Å²) >= 11 is 5.88. The molecule has 0 aliphatic rings. The summed E-state index contributed by atoms with van der Waals surface area (Å²) in [7, 11) is -3.61. The van der Waals surface area contributed by atoms with Crippen molar-refractivity contribution < 1.29 is 13.2 Å². The third kappa shape index (κ3) is 4.67. The van der Waals surface area contributed by atoms with Crippen LogP contribution in [-0.2, 0) is 10.0 Å². The maximum Gasteiger partial charge on any atom is 0.244 e. The zero-order valence-electron chi connectivity index (χ0n) is 11.4. The summed E-state index contributed by atoms with van der Waals surface area (Å²) in [5.74, 6) is 0.335. The molecule has 0 aliphatic carbocycles. The first kappa shape index (κ1) is 16.3. The molecule has 0 aliphatic heterocycles. The van der Waals surface area contributed by atoms with Crippen LogP contribution in [0.2, 0.25) is 5.02 Å². The van der Waals surface area contributed by atoms with Crippen molar-refractivity contribution >= 4 is 21.6 Å². The quantitative estimate of drug-likeness (QED) is 0.841. The molecule has 108 valence electrons. The fourth-order valence-electron chi connectivity index (χ4n) is 1.43. The van der Waals surface area contributed by atoms with E-state index in [2.05, 4.69) is 4.72 Å². The Kier molecular flexibility index (Phi) is 6.10. The number of sulfonamides is 1. The van der Waals surface area contributed by atoms with E-state index in [1.807, 2.05) is 20.8 Å². The molecule has 0 bridgehead atoms. The zero-order valence-corrected chi connectivity index (χ0v) is 13.0. The fourth-order valence-corrected chi connectivity index (χ4v) is 3.17. The van der Waals surface area contributed by atoms with E-state index in [1.54, 1.807) is 12.1 Å². The molecule has 1 rings (SSSR count). The number of hydrogen-bond donors (Lipinski definition) is 1. The van der Waals surface area contributed by atoms with Crippen molar-refractivity contribution in [2.75, 3.05) is 6.61 Å². The Morgan fingerprint density at radius 2 is 2.05 bits per heavy atom. The van der Waals surface area contributed by atoms with Gasteiger partial charge in [-0.3, -0.25) is 0 Å². The van der Waals surface area contributed by atoms with E-state index in [0.717, 1.165) is 6.42 Å². The molecule has 4 nitrogen and oxygen atoms in total. The molecule has 0 saturated carbocycles. The maximum atomic E-state index is 12.3. The minimum Gasteiger partial charge on any atom is -0.492 e. The van der Waals surface area contributed by atoms with E-state index in [9.17, 15) is 8.42 Å². The smallest absolute Gasteiger partial charge is 0.244 e. The second-order valence-electron chi connectivity index (χ2n) is 4.37. The minimum atomic E-state index is -3.61. The van der Waals surface area contributed by atoms with Gasteiger partial charge in [-0.15, -0.1) is 0 Å². The van der Waals surface area contributed by atoms with Gasteiger partial charge < -0.3 is 4.74 Å². The molecular weight excluding hydrogens is 286 g/mol. The van der Waals surface area contributed by atoms with Crippen LogP contribution in [0.4, 0.5) is 0 Å². The van der Waals surface area contributed by atoms with Gasteiger partial charge in [0.25, 0.3) is 0 Å².